The lowest BCUT2D eigenvalue weighted by atomic mass is 9.58. The number of allylic oxidation sites excluding steroid dienone is 1. The first kappa shape index (κ1) is 30.6. The van der Waals surface area contributed by atoms with Crippen molar-refractivity contribution in [2.45, 2.75) is 24.5 Å². The van der Waals surface area contributed by atoms with Gasteiger partial charge in [0.05, 0.1) is 24.4 Å². The number of aliphatic hydroxyl groups excluding tert-OH is 2. The molecule has 13 nitrogen and oxygen atoms in total. The van der Waals surface area contributed by atoms with Crippen molar-refractivity contribution in [3.63, 3.8) is 0 Å². The van der Waals surface area contributed by atoms with E-state index in [2.05, 4.69) is 5.32 Å². The number of hydrogen-bond acceptors (Lipinski definition) is 11. The molecule has 0 aromatic heterocycles. The summed E-state index contributed by atoms with van der Waals surface area (Å²) in [5.74, 6) is -7.49. The summed E-state index contributed by atoms with van der Waals surface area (Å²) < 4.78 is 5.12. The van der Waals surface area contributed by atoms with Gasteiger partial charge in [0.1, 0.15) is 22.8 Å². The van der Waals surface area contributed by atoms with E-state index in [1.807, 2.05) is 0 Å². The van der Waals surface area contributed by atoms with E-state index in [9.17, 15) is 39.6 Å². The molecule has 0 heterocycles. The predicted octanol–water partition coefficient (Wildman–Crippen LogP) is 1.45. The number of nitrogens with zero attached hydrogens (tertiary/aromatic N) is 2. The van der Waals surface area contributed by atoms with E-state index in [-0.39, 0.29) is 35.2 Å². The third kappa shape index (κ3) is 4.38. The quantitative estimate of drug-likeness (QED) is 0.205. The van der Waals surface area contributed by atoms with E-state index >= 15 is 0 Å². The van der Waals surface area contributed by atoms with E-state index in [1.54, 1.807) is 45.2 Å². The fourth-order valence-corrected chi connectivity index (χ4v) is 6.73. The van der Waals surface area contributed by atoms with Crippen LogP contribution in [0.3, 0.4) is 0 Å². The second kappa shape index (κ2) is 10.7. The number of primary amides is 1. The predicted molar refractivity (Wildman–Crippen MR) is 159 cm³/mol. The summed E-state index contributed by atoms with van der Waals surface area (Å²) in [5, 5.41) is 48.2. The van der Waals surface area contributed by atoms with Crippen molar-refractivity contribution in [1.29, 1.82) is 0 Å². The molecule has 4 atom stereocenters. The second-order valence-corrected chi connectivity index (χ2v) is 11.7. The van der Waals surface area contributed by atoms with Crippen LogP contribution in [0, 0.1) is 11.8 Å². The fourth-order valence-electron chi connectivity index (χ4n) is 6.73. The average molecular weight is 607 g/mol. The largest absolute Gasteiger partial charge is 0.510 e. The molecule has 7 N–H and O–H groups in total. The van der Waals surface area contributed by atoms with Crippen molar-refractivity contribution < 1.29 is 44.3 Å². The molecule has 0 saturated heterocycles. The zero-order valence-corrected chi connectivity index (χ0v) is 24.8. The Labute approximate surface area is 252 Å². The van der Waals surface area contributed by atoms with Gasteiger partial charge in [-0.1, -0.05) is 0 Å². The van der Waals surface area contributed by atoms with Gasteiger partial charge in [-0.15, -0.1) is 0 Å². The molecule has 0 aliphatic heterocycles. The van der Waals surface area contributed by atoms with Gasteiger partial charge >= 0.3 is 0 Å². The number of anilines is 2. The summed E-state index contributed by atoms with van der Waals surface area (Å²) in [6.45, 7) is 0. The number of carbonyl (C=O) groups excluding carboxylic acids is 4. The first-order valence-corrected chi connectivity index (χ1v) is 13.8. The van der Waals surface area contributed by atoms with Crippen LogP contribution in [0.1, 0.15) is 32.7 Å². The minimum atomic E-state index is -2.75. The van der Waals surface area contributed by atoms with Gasteiger partial charge in [-0.25, -0.2) is 0 Å². The van der Waals surface area contributed by atoms with Crippen molar-refractivity contribution in [1.82, 2.24) is 4.90 Å². The van der Waals surface area contributed by atoms with Crippen LogP contribution in [0.5, 0.6) is 11.5 Å². The minimum absolute atomic E-state index is 0.0324. The number of nitrogens with one attached hydrogen (secondary N) is 1. The molecule has 0 fully saturated rings. The van der Waals surface area contributed by atoms with Crippen LogP contribution >= 0.6 is 0 Å². The highest BCUT2D eigenvalue weighted by atomic mass is 16.5. The van der Waals surface area contributed by atoms with Crippen LogP contribution in [-0.2, 0) is 16.0 Å². The number of carbonyl (C=O) groups is 4. The Morgan fingerprint density at radius 3 is 2.25 bits per heavy atom. The molecule has 0 bridgehead atoms. The Kier molecular flexibility index (Phi) is 7.42. The number of phenols is 1. The highest BCUT2D eigenvalue weighted by Crippen LogP contribution is 2.54. The average Bonchev–Trinajstić information content (AvgIpc) is 2.95. The molecule has 3 aliphatic carbocycles. The smallest absolute Gasteiger partial charge is 0.255 e. The van der Waals surface area contributed by atoms with Crippen LogP contribution in [0.4, 0.5) is 11.4 Å². The van der Waals surface area contributed by atoms with Gasteiger partial charge in [-0.05, 0) is 68.8 Å². The maximum atomic E-state index is 14.1. The monoisotopic (exact) mass is 606 g/mol. The molecular weight excluding hydrogens is 572 g/mol. The van der Waals surface area contributed by atoms with E-state index in [4.69, 9.17) is 10.5 Å². The van der Waals surface area contributed by atoms with Crippen LogP contribution < -0.4 is 20.7 Å². The lowest BCUT2D eigenvalue weighted by molar-refractivity contribution is -0.148. The number of benzene rings is 2. The second-order valence-electron chi connectivity index (χ2n) is 11.7. The number of ketones is 2. The number of ether oxygens (including phenoxy) is 1. The summed E-state index contributed by atoms with van der Waals surface area (Å²) in [6.07, 6.45) is 0.0810. The molecule has 0 saturated carbocycles. The number of fused-ring (bicyclic) bond motifs is 3. The molecule has 0 spiro atoms. The van der Waals surface area contributed by atoms with Crippen molar-refractivity contribution >= 4 is 34.8 Å². The number of phenolic OH excluding ortho intramolecular Hbond substituents is 1. The van der Waals surface area contributed by atoms with Crippen LogP contribution in [-0.4, -0.2) is 95.7 Å². The summed E-state index contributed by atoms with van der Waals surface area (Å²) in [6, 6.07) is 6.71. The van der Waals surface area contributed by atoms with Crippen molar-refractivity contribution in [3.8, 4) is 11.5 Å². The number of Topliss-reactive ketones (excluding diaryl/α,β-unsaturated/α-hetero) is 2. The van der Waals surface area contributed by atoms with Crippen molar-refractivity contribution in [2.75, 3.05) is 45.5 Å². The van der Waals surface area contributed by atoms with E-state index < -0.39 is 69.7 Å². The highest BCUT2D eigenvalue weighted by Gasteiger charge is 2.63. The number of aliphatic hydroxyl groups is 3. The fraction of sp³-hybridized carbons (Fsp3) is 0.355. The van der Waals surface area contributed by atoms with Gasteiger partial charge < -0.3 is 41.1 Å². The van der Waals surface area contributed by atoms with Crippen LogP contribution in [0.2, 0.25) is 0 Å². The SMILES string of the molecule is COc1ccc(C(=O)Nc2cc(N(C)C)c3c(c2O)C(=O)C2=C(O)C4(O)C(=O)C(C(N)=O)=C(O)[C@@H](N(C)C)C4CC2C3)cc1. The summed E-state index contributed by atoms with van der Waals surface area (Å²) in [7, 11) is 8.08. The molecule has 5 rings (SSSR count). The topological polar surface area (TPSA) is 203 Å². The normalized spacial score (nSPS) is 24.5. The van der Waals surface area contributed by atoms with E-state index in [1.165, 1.54) is 30.2 Å². The van der Waals surface area contributed by atoms with Crippen LogP contribution in [0.25, 0.3) is 0 Å². The van der Waals surface area contributed by atoms with Crippen LogP contribution in [0.15, 0.2) is 53.0 Å². The lowest BCUT2D eigenvalue weighted by Gasteiger charge is -2.50. The third-order valence-electron chi connectivity index (χ3n) is 8.78. The Morgan fingerprint density at radius 2 is 1.70 bits per heavy atom. The third-order valence-corrected chi connectivity index (χ3v) is 8.78. The number of amides is 2. The first-order chi connectivity index (χ1) is 20.6. The maximum absolute atomic E-state index is 14.1. The molecule has 232 valence electrons. The number of rotatable bonds is 6. The standard InChI is InChI=1S/C31H34N4O9/c1-34(2)19-12-18(33-30(42)13-6-8-15(44-5)9-7-13)24(36)21-16(19)10-14-11-17-23(35(3)4)26(38)22(29(32)41)28(40)31(17,43)27(39)20(14)25(21)37/h6-9,12,14,17,23,36,38-39,43H,10-11H2,1-5H3,(H2,32,41)(H,33,42)/t14?,17?,23-,31?/m0/s1. The Balaban J connectivity index is 1.65. The molecule has 2 aromatic rings. The molecule has 3 aliphatic rings. The Morgan fingerprint density at radius 1 is 1.07 bits per heavy atom. The number of aromatic hydroxyl groups is 1. The first-order valence-electron chi connectivity index (χ1n) is 13.8. The number of methoxy groups -OCH3 is 1. The number of likely N-dealkylation sites (N-methyl/N-ethyl adjacent to an activating group) is 1. The molecule has 44 heavy (non-hydrogen) atoms. The molecule has 2 aromatic carbocycles. The van der Waals surface area contributed by atoms with Gasteiger partial charge in [-0.2, -0.15) is 0 Å². The van der Waals surface area contributed by atoms with Crippen molar-refractivity contribution in [3.05, 3.63) is 69.7 Å². The molecule has 3 unspecified atom stereocenters. The Hall–Kier alpha value is -4.88. The number of nitrogens with two attached hydrogens (primary N) is 1. The van der Waals surface area contributed by atoms with E-state index in [0.717, 1.165) is 0 Å². The van der Waals surface area contributed by atoms with Crippen molar-refractivity contribution in [2.24, 2.45) is 17.6 Å². The van der Waals surface area contributed by atoms with E-state index in [0.29, 0.717) is 17.0 Å². The summed E-state index contributed by atoms with van der Waals surface area (Å²) >= 11 is 0. The molecular formula is C31H34N4O9. The highest BCUT2D eigenvalue weighted by molar-refractivity contribution is 6.25. The van der Waals surface area contributed by atoms with Gasteiger partial charge in [0.2, 0.25) is 5.78 Å². The van der Waals surface area contributed by atoms with Gasteiger partial charge in [0.25, 0.3) is 11.8 Å². The zero-order valence-electron chi connectivity index (χ0n) is 24.8. The Bertz CT molecular complexity index is 1680. The zero-order chi connectivity index (χ0) is 32.4. The summed E-state index contributed by atoms with van der Waals surface area (Å²) in [4.78, 5) is 56.1. The van der Waals surface area contributed by atoms with Gasteiger partial charge in [-0.3, -0.25) is 24.1 Å². The lowest BCUT2D eigenvalue weighted by Crippen LogP contribution is -2.63. The van der Waals surface area contributed by atoms with Gasteiger partial charge in [0, 0.05) is 36.8 Å². The summed E-state index contributed by atoms with van der Waals surface area (Å²) in [5.41, 5.74) is 2.41. The maximum Gasteiger partial charge on any atom is 0.255 e. The molecule has 0 radical (unpaired) electrons. The minimum Gasteiger partial charge on any atom is -0.510 e. The van der Waals surface area contributed by atoms with Gasteiger partial charge in [0.15, 0.2) is 17.1 Å². The molecule has 13 heteroatoms. The molecule has 2 amide bonds. The number of hydrogen-bond donors (Lipinski definition) is 6.